The minimum Gasteiger partial charge on any atom is -0.478 e. The first kappa shape index (κ1) is 13.6. The summed E-state index contributed by atoms with van der Waals surface area (Å²) in [4.78, 5) is 11.5. The van der Waals surface area contributed by atoms with Gasteiger partial charge in [-0.2, -0.15) is 0 Å². The molecule has 1 aromatic carbocycles. The minimum absolute atomic E-state index is 0.217. The number of aryl methyl sites for hydroxylation is 1. The van der Waals surface area contributed by atoms with Crippen LogP contribution in [0, 0.1) is 6.92 Å². The Hall–Kier alpha value is -1.81. The van der Waals surface area contributed by atoms with Gasteiger partial charge in [0.25, 0.3) is 0 Å². The summed E-state index contributed by atoms with van der Waals surface area (Å²) >= 11 is 0. The second-order valence-electron chi connectivity index (χ2n) is 5.21. The predicted molar refractivity (Wildman–Crippen MR) is 76.8 cm³/mol. The fraction of sp³-hybridized carbons (Fsp3) is 0.400. The number of fused-ring (bicyclic) bond motifs is 1. The minimum atomic E-state index is -0.881. The molecule has 0 bridgehead atoms. The largest absolute Gasteiger partial charge is 0.478 e. The molecular weight excluding hydrogens is 240 g/mol. The first-order valence-corrected chi connectivity index (χ1v) is 6.53. The van der Waals surface area contributed by atoms with Crippen LogP contribution in [0.15, 0.2) is 18.3 Å². The molecule has 0 aliphatic rings. The maximum atomic E-state index is 11.5. The first-order valence-electron chi connectivity index (χ1n) is 6.53. The van der Waals surface area contributed by atoms with Gasteiger partial charge in [0.15, 0.2) is 0 Å². The maximum Gasteiger partial charge on any atom is 0.337 e. The predicted octanol–water partition coefficient (Wildman–Crippen LogP) is 2.73. The summed E-state index contributed by atoms with van der Waals surface area (Å²) in [6, 6.07) is 4.00. The fourth-order valence-electron chi connectivity index (χ4n) is 2.53. The number of carbonyl (C=O) groups is 1. The lowest BCUT2D eigenvalue weighted by atomic mass is 10.0. The third-order valence-electron chi connectivity index (χ3n) is 3.35. The molecule has 0 saturated heterocycles. The molecule has 4 heteroatoms. The summed E-state index contributed by atoms with van der Waals surface area (Å²) in [6.45, 7) is 6.59. The summed E-state index contributed by atoms with van der Waals surface area (Å²) in [7, 11) is 0. The van der Waals surface area contributed by atoms with Gasteiger partial charge in [-0.15, -0.1) is 0 Å². The molecule has 0 radical (unpaired) electrons. The number of rotatable bonds is 4. The second-order valence-corrected chi connectivity index (χ2v) is 5.21. The smallest absolute Gasteiger partial charge is 0.337 e. The molecule has 4 nitrogen and oxygen atoms in total. The molecule has 0 amide bonds. The van der Waals surface area contributed by atoms with Gasteiger partial charge in [-0.3, -0.25) is 0 Å². The van der Waals surface area contributed by atoms with Gasteiger partial charge >= 0.3 is 5.97 Å². The van der Waals surface area contributed by atoms with E-state index in [1.807, 2.05) is 23.8 Å². The van der Waals surface area contributed by atoms with Gasteiger partial charge in [0.1, 0.15) is 0 Å². The number of nitrogens with zero attached hydrogens (tertiary/aromatic N) is 1. The van der Waals surface area contributed by atoms with Gasteiger partial charge < -0.3 is 15.4 Å². The molecule has 0 unspecified atom stereocenters. The van der Waals surface area contributed by atoms with Crippen LogP contribution < -0.4 is 5.73 Å². The molecular formula is C15H20N2O2. The molecule has 1 aromatic heterocycles. The zero-order chi connectivity index (χ0) is 14.2. The van der Waals surface area contributed by atoms with Gasteiger partial charge in [-0.25, -0.2) is 4.79 Å². The highest BCUT2D eigenvalue weighted by molar-refractivity contribution is 6.04. The lowest BCUT2D eigenvalue weighted by molar-refractivity contribution is 0.0698. The average molecular weight is 260 g/mol. The van der Waals surface area contributed by atoms with Gasteiger partial charge in [-0.1, -0.05) is 0 Å². The van der Waals surface area contributed by atoms with Crippen LogP contribution in [0.5, 0.6) is 0 Å². The molecule has 0 aliphatic carbocycles. The summed E-state index contributed by atoms with van der Waals surface area (Å²) in [6.07, 6.45) is 2.80. The van der Waals surface area contributed by atoms with Crippen molar-refractivity contribution in [2.24, 2.45) is 5.73 Å². The van der Waals surface area contributed by atoms with E-state index in [4.69, 9.17) is 5.73 Å². The molecule has 102 valence electrons. The molecule has 0 spiro atoms. The van der Waals surface area contributed by atoms with Crippen molar-refractivity contribution in [2.75, 3.05) is 6.54 Å². The van der Waals surface area contributed by atoms with Crippen molar-refractivity contribution >= 4 is 16.9 Å². The van der Waals surface area contributed by atoms with Crippen LogP contribution in [0.4, 0.5) is 0 Å². The zero-order valence-electron chi connectivity index (χ0n) is 11.6. The number of carboxylic acid groups (broad SMARTS) is 1. The molecule has 1 heterocycles. The lowest BCUT2D eigenvalue weighted by Crippen LogP contribution is -2.05. The standard InChI is InChI=1S/C15H20N2O2/c1-9(2)17-8-11(4-5-16)12-6-10(3)7-13(14(12)17)15(18)19/h6-9H,4-5,16H2,1-3H3,(H,18,19). The number of aromatic nitrogens is 1. The highest BCUT2D eigenvalue weighted by Gasteiger charge is 2.18. The van der Waals surface area contributed by atoms with Crippen LogP contribution in [0.1, 0.15) is 41.4 Å². The molecule has 19 heavy (non-hydrogen) atoms. The van der Waals surface area contributed by atoms with Crippen LogP contribution in [-0.4, -0.2) is 22.2 Å². The van der Waals surface area contributed by atoms with E-state index < -0.39 is 5.97 Å². The van der Waals surface area contributed by atoms with Crippen LogP contribution >= 0.6 is 0 Å². The van der Waals surface area contributed by atoms with E-state index in [0.717, 1.165) is 28.5 Å². The van der Waals surface area contributed by atoms with E-state index in [-0.39, 0.29) is 6.04 Å². The van der Waals surface area contributed by atoms with Crippen molar-refractivity contribution in [1.29, 1.82) is 0 Å². The second kappa shape index (κ2) is 5.05. The Bertz CT molecular complexity index is 627. The number of hydrogen-bond acceptors (Lipinski definition) is 2. The molecule has 0 atom stereocenters. The van der Waals surface area contributed by atoms with E-state index in [0.29, 0.717) is 12.1 Å². The van der Waals surface area contributed by atoms with Gasteiger partial charge in [-0.05, 0) is 57.0 Å². The Morgan fingerprint density at radius 2 is 2.11 bits per heavy atom. The number of hydrogen-bond donors (Lipinski definition) is 2. The normalized spacial score (nSPS) is 11.4. The number of carboxylic acids is 1. The summed E-state index contributed by atoms with van der Waals surface area (Å²) < 4.78 is 2.03. The average Bonchev–Trinajstić information content (AvgIpc) is 2.67. The first-order chi connectivity index (χ1) is 8.95. The van der Waals surface area contributed by atoms with Crippen LogP contribution in [-0.2, 0) is 6.42 Å². The van der Waals surface area contributed by atoms with Crippen molar-refractivity contribution < 1.29 is 9.90 Å². The Balaban J connectivity index is 2.85. The fourth-order valence-corrected chi connectivity index (χ4v) is 2.53. The van der Waals surface area contributed by atoms with Crippen molar-refractivity contribution in [2.45, 2.75) is 33.2 Å². The Labute approximate surface area is 112 Å². The monoisotopic (exact) mass is 260 g/mol. The third-order valence-corrected chi connectivity index (χ3v) is 3.35. The Kier molecular flexibility index (Phi) is 3.62. The van der Waals surface area contributed by atoms with Crippen LogP contribution in [0.25, 0.3) is 10.9 Å². The van der Waals surface area contributed by atoms with E-state index in [9.17, 15) is 9.90 Å². The van der Waals surface area contributed by atoms with E-state index in [1.54, 1.807) is 6.07 Å². The van der Waals surface area contributed by atoms with Crippen molar-refractivity contribution in [1.82, 2.24) is 4.57 Å². The van der Waals surface area contributed by atoms with Crippen molar-refractivity contribution in [3.05, 3.63) is 35.0 Å². The lowest BCUT2D eigenvalue weighted by Gasteiger charge is -2.11. The molecule has 0 saturated carbocycles. The zero-order valence-corrected chi connectivity index (χ0v) is 11.6. The van der Waals surface area contributed by atoms with E-state index in [2.05, 4.69) is 13.8 Å². The Morgan fingerprint density at radius 1 is 1.42 bits per heavy atom. The van der Waals surface area contributed by atoms with Crippen molar-refractivity contribution in [3.63, 3.8) is 0 Å². The van der Waals surface area contributed by atoms with Gasteiger partial charge in [0, 0.05) is 17.6 Å². The van der Waals surface area contributed by atoms with Gasteiger partial charge in [0.2, 0.25) is 0 Å². The van der Waals surface area contributed by atoms with Gasteiger partial charge in [0.05, 0.1) is 11.1 Å². The summed E-state index contributed by atoms with van der Waals surface area (Å²) in [5, 5.41) is 10.4. The quantitative estimate of drug-likeness (QED) is 0.888. The summed E-state index contributed by atoms with van der Waals surface area (Å²) in [5.74, 6) is -0.881. The Morgan fingerprint density at radius 3 is 2.63 bits per heavy atom. The topological polar surface area (TPSA) is 68.2 Å². The third kappa shape index (κ3) is 2.36. The molecule has 2 rings (SSSR count). The van der Waals surface area contributed by atoms with Crippen LogP contribution in [0.2, 0.25) is 0 Å². The maximum absolute atomic E-state index is 11.5. The summed E-state index contributed by atoms with van der Waals surface area (Å²) in [5.41, 5.74) is 8.90. The number of aromatic carboxylic acids is 1. The SMILES string of the molecule is Cc1cc(C(=O)O)c2c(c1)c(CCN)cn2C(C)C. The number of benzene rings is 1. The molecule has 3 N–H and O–H groups in total. The van der Waals surface area contributed by atoms with E-state index >= 15 is 0 Å². The van der Waals surface area contributed by atoms with Crippen LogP contribution in [0.3, 0.4) is 0 Å². The number of nitrogens with two attached hydrogens (primary N) is 1. The molecule has 2 aromatic rings. The highest BCUT2D eigenvalue weighted by Crippen LogP contribution is 2.29. The highest BCUT2D eigenvalue weighted by atomic mass is 16.4. The van der Waals surface area contributed by atoms with Crippen molar-refractivity contribution in [3.8, 4) is 0 Å². The molecule has 0 aliphatic heterocycles. The van der Waals surface area contributed by atoms with E-state index in [1.165, 1.54) is 0 Å². The molecule has 0 fully saturated rings.